The maximum absolute atomic E-state index is 12.9. The lowest BCUT2D eigenvalue weighted by molar-refractivity contribution is 0.0593. The second-order valence-corrected chi connectivity index (χ2v) is 5.83. The number of aromatic amines is 1. The zero-order valence-electron chi connectivity index (χ0n) is 15.0. The van der Waals surface area contributed by atoms with E-state index in [1.165, 1.54) is 11.1 Å². The van der Waals surface area contributed by atoms with Gasteiger partial charge < -0.3 is 14.6 Å². The van der Waals surface area contributed by atoms with Gasteiger partial charge in [-0.15, -0.1) is 0 Å². The number of carbonyl (C=O) groups is 1. The van der Waals surface area contributed by atoms with Crippen LogP contribution in [0.4, 0.5) is 0 Å². The number of hydrogen-bond acceptors (Lipinski definition) is 6. The van der Waals surface area contributed by atoms with Crippen LogP contribution in [-0.4, -0.2) is 51.5 Å². The Hall–Kier alpha value is -3.39. The molecule has 0 fully saturated rings. The molecular formula is C19H19N5O3. The summed E-state index contributed by atoms with van der Waals surface area (Å²) in [4.78, 5) is 42.0. The van der Waals surface area contributed by atoms with Gasteiger partial charge in [0.15, 0.2) is 5.82 Å². The summed E-state index contributed by atoms with van der Waals surface area (Å²) in [6, 6.07) is 10.3. The fraction of sp³-hybridized carbons (Fsp3) is 0.211. The van der Waals surface area contributed by atoms with Gasteiger partial charge in [0, 0.05) is 32.7 Å². The van der Waals surface area contributed by atoms with Gasteiger partial charge in [-0.05, 0) is 24.3 Å². The number of H-pyrrole nitrogens is 1. The third kappa shape index (κ3) is 4.06. The van der Waals surface area contributed by atoms with Gasteiger partial charge in [0.1, 0.15) is 11.3 Å². The van der Waals surface area contributed by atoms with Crippen molar-refractivity contribution >= 4 is 5.91 Å². The molecule has 0 aliphatic heterocycles. The summed E-state index contributed by atoms with van der Waals surface area (Å²) < 4.78 is 5.23. The molecule has 1 atom stereocenters. The number of nitrogens with one attached hydrogen (secondary N) is 1. The molecule has 3 aromatic rings. The topological polar surface area (TPSA) is 101 Å². The smallest absolute Gasteiger partial charge is 0.264 e. The Labute approximate surface area is 155 Å². The molecule has 3 aromatic heterocycles. The molecule has 0 bridgehead atoms. The second-order valence-electron chi connectivity index (χ2n) is 5.83. The number of hydrogen-bond donors (Lipinski definition) is 1. The number of carbonyl (C=O) groups excluding carboxylic acids is 1. The monoisotopic (exact) mass is 365 g/mol. The van der Waals surface area contributed by atoms with E-state index < -0.39 is 17.5 Å². The average molecular weight is 365 g/mol. The molecule has 138 valence electrons. The van der Waals surface area contributed by atoms with Gasteiger partial charge in [-0.1, -0.05) is 12.1 Å². The Morgan fingerprint density at radius 1 is 1.15 bits per heavy atom. The van der Waals surface area contributed by atoms with E-state index in [-0.39, 0.29) is 12.2 Å². The van der Waals surface area contributed by atoms with Crippen molar-refractivity contribution in [1.29, 1.82) is 0 Å². The molecule has 3 heterocycles. The van der Waals surface area contributed by atoms with E-state index in [4.69, 9.17) is 4.74 Å². The Balaban J connectivity index is 1.89. The molecule has 1 amide bonds. The van der Waals surface area contributed by atoms with E-state index in [1.807, 2.05) is 6.07 Å². The molecule has 8 nitrogen and oxygen atoms in total. The van der Waals surface area contributed by atoms with Gasteiger partial charge in [-0.2, -0.15) is 0 Å². The summed E-state index contributed by atoms with van der Waals surface area (Å²) in [6.07, 6.45) is 4.51. The van der Waals surface area contributed by atoms with Gasteiger partial charge >= 0.3 is 0 Å². The Morgan fingerprint density at radius 3 is 2.48 bits per heavy atom. The third-order valence-electron chi connectivity index (χ3n) is 4.08. The van der Waals surface area contributed by atoms with Crippen LogP contribution < -0.4 is 5.56 Å². The average Bonchev–Trinajstić information content (AvgIpc) is 2.72. The standard InChI is InChI=1S/C19H19N5O3/c1-24(16(12-27-2)14-7-3-5-9-20-14)19(26)13-11-22-17(23-18(13)25)15-8-4-6-10-21-15/h3-11,16H,12H2,1-2H3,(H,22,23,25). The van der Waals surface area contributed by atoms with Gasteiger partial charge in [-0.3, -0.25) is 19.6 Å². The number of likely N-dealkylation sites (N-methyl/N-ethyl adjacent to an activating group) is 1. The molecule has 0 spiro atoms. The number of nitrogens with zero attached hydrogens (tertiary/aromatic N) is 4. The fourth-order valence-electron chi connectivity index (χ4n) is 2.64. The zero-order chi connectivity index (χ0) is 19.2. The predicted molar refractivity (Wildman–Crippen MR) is 99.0 cm³/mol. The highest BCUT2D eigenvalue weighted by Gasteiger charge is 2.26. The first-order valence-electron chi connectivity index (χ1n) is 8.29. The normalized spacial score (nSPS) is 11.8. The highest BCUT2D eigenvalue weighted by atomic mass is 16.5. The van der Waals surface area contributed by atoms with Gasteiger partial charge in [0.05, 0.1) is 18.3 Å². The minimum absolute atomic E-state index is 0.0609. The van der Waals surface area contributed by atoms with E-state index in [9.17, 15) is 9.59 Å². The van der Waals surface area contributed by atoms with Crippen LogP contribution in [0.3, 0.4) is 0 Å². The van der Waals surface area contributed by atoms with E-state index >= 15 is 0 Å². The van der Waals surface area contributed by atoms with Crippen LogP contribution >= 0.6 is 0 Å². The number of pyridine rings is 2. The molecule has 27 heavy (non-hydrogen) atoms. The van der Waals surface area contributed by atoms with Crippen LogP contribution in [-0.2, 0) is 4.74 Å². The lowest BCUT2D eigenvalue weighted by atomic mass is 10.1. The van der Waals surface area contributed by atoms with Crippen LogP contribution in [0.5, 0.6) is 0 Å². The Bertz CT molecular complexity index is 960. The summed E-state index contributed by atoms with van der Waals surface area (Å²) in [5, 5.41) is 0. The lowest BCUT2D eigenvalue weighted by Crippen LogP contribution is -2.37. The van der Waals surface area contributed by atoms with E-state index in [0.29, 0.717) is 17.2 Å². The first-order chi connectivity index (χ1) is 13.1. The Morgan fingerprint density at radius 2 is 1.89 bits per heavy atom. The molecule has 0 aliphatic carbocycles. The number of methoxy groups -OCH3 is 1. The highest BCUT2D eigenvalue weighted by Crippen LogP contribution is 2.19. The first kappa shape index (κ1) is 18.4. The molecule has 1 N–H and O–H groups in total. The first-order valence-corrected chi connectivity index (χ1v) is 8.29. The van der Waals surface area contributed by atoms with Crippen LogP contribution in [0.25, 0.3) is 11.5 Å². The number of amides is 1. The minimum Gasteiger partial charge on any atom is -0.382 e. The molecule has 1 unspecified atom stereocenters. The number of ether oxygens (including phenoxy) is 1. The van der Waals surface area contributed by atoms with Crippen molar-refractivity contribution in [2.24, 2.45) is 0 Å². The number of rotatable bonds is 6. The second kappa shape index (κ2) is 8.33. The van der Waals surface area contributed by atoms with Crippen LogP contribution in [0.2, 0.25) is 0 Å². The number of aromatic nitrogens is 4. The summed E-state index contributed by atoms with van der Waals surface area (Å²) in [5.74, 6) is -0.165. The van der Waals surface area contributed by atoms with Crippen molar-refractivity contribution in [2.75, 3.05) is 20.8 Å². The van der Waals surface area contributed by atoms with E-state index in [0.717, 1.165) is 0 Å². The quantitative estimate of drug-likeness (QED) is 0.713. The summed E-state index contributed by atoms with van der Waals surface area (Å²) in [6.45, 7) is 0.247. The molecule has 0 radical (unpaired) electrons. The van der Waals surface area contributed by atoms with Crippen LogP contribution in [0.1, 0.15) is 22.1 Å². The van der Waals surface area contributed by atoms with Gasteiger partial charge in [0.25, 0.3) is 11.5 Å². The van der Waals surface area contributed by atoms with Crippen molar-refractivity contribution < 1.29 is 9.53 Å². The molecule has 0 saturated carbocycles. The molecule has 0 aliphatic rings. The Kier molecular flexibility index (Phi) is 5.68. The van der Waals surface area contributed by atoms with Crippen molar-refractivity contribution in [3.63, 3.8) is 0 Å². The van der Waals surface area contributed by atoms with Crippen LogP contribution in [0.15, 0.2) is 59.8 Å². The van der Waals surface area contributed by atoms with Crippen molar-refractivity contribution in [1.82, 2.24) is 24.8 Å². The van der Waals surface area contributed by atoms with E-state index in [2.05, 4.69) is 19.9 Å². The molecule has 0 aromatic carbocycles. The van der Waals surface area contributed by atoms with Gasteiger partial charge in [0.2, 0.25) is 0 Å². The van der Waals surface area contributed by atoms with Crippen molar-refractivity contribution in [2.45, 2.75) is 6.04 Å². The molecule has 0 saturated heterocycles. The van der Waals surface area contributed by atoms with E-state index in [1.54, 1.807) is 56.9 Å². The molecule has 8 heteroatoms. The predicted octanol–water partition coefficient (Wildman–Crippen LogP) is 1.69. The highest BCUT2D eigenvalue weighted by molar-refractivity contribution is 5.93. The van der Waals surface area contributed by atoms with Crippen molar-refractivity contribution in [3.05, 3.63) is 76.6 Å². The molecule has 3 rings (SSSR count). The lowest BCUT2D eigenvalue weighted by Gasteiger charge is -2.27. The maximum Gasteiger partial charge on any atom is 0.264 e. The minimum atomic E-state index is -0.528. The summed E-state index contributed by atoms with van der Waals surface area (Å²) >= 11 is 0. The zero-order valence-corrected chi connectivity index (χ0v) is 15.0. The maximum atomic E-state index is 12.9. The fourth-order valence-corrected chi connectivity index (χ4v) is 2.64. The summed E-state index contributed by atoms with van der Waals surface area (Å²) in [5.41, 5.74) is 0.603. The third-order valence-corrected chi connectivity index (χ3v) is 4.08. The molecular weight excluding hydrogens is 346 g/mol. The SMILES string of the molecule is COCC(c1ccccn1)N(C)C(=O)c1cnc(-c2ccccn2)[nH]c1=O. The summed E-state index contributed by atoms with van der Waals surface area (Å²) in [7, 11) is 3.15. The van der Waals surface area contributed by atoms with Crippen molar-refractivity contribution in [3.8, 4) is 11.5 Å². The van der Waals surface area contributed by atoms with Gasteiger partial charge in [-0.25, -0.2) is 4.98 Å². The van der Waals surface area contributed by atoms with Crippen LogP contribution in [0, 0.1) is 0 Å². The largest absolute Gasteiger partial charge is 0.382 e.